The largest absolute Gasteiger partial charge is 0.508 e. The van der Waals surface area contributed by atoms with Crippen LogP contribution in [0.4, 0.5) is 0 Å². The van der Waals surface area contributed by atoms with Crippen molar-refractivity contribution in [2.75, 3.05) is 0 Å². The molecule has 2 aromatic rings. The maximum absolute atomic E-state index is 12.0. The molecule has 3 N–H and O–H groups in total. The molecule has 0 fully saturated rings. The van der Waals surface area contributed by atoms with Crippen molar-refractivity contribution in [3.8, 4) is 11.5 Å². The van der Waals surface area contributed by atoms with Crippen LogP contribution in [0, 0.1) is 0 Å². The van der Waals surface area contributed by atoms with Crippen molar-refractivity contribution in [3.63, 3.8) is 0 Å². The van der Waals surface area contributed by atoms with Crippen LogP contribution in [0.3, 0.4) is 0 Å². The van der Waals surface area contributed by atoms with E-state index in [-0.39, 0.29) is 17.2 Å². The van der Waals surface area contributed by atoms with Crippen molar-refractivity contribution < 1.29 is 18.6 Å². The monoisotopic (exact) mass is 279 g/mol. The Labute approximate surface area is 111 Å². The Morgan fingerprint density at radius 2 is 1.68 bits per heavy atom. The quantitative estimate of drug-likeness (QED) is 0.793. The van der Waals surface area contributed by atoms with Gasteiger partial charge in [0.15, 0.2) is 0 Å². The topological polar surface area (TPSA) is 86.6 Å². The standard InChI is InChI=1S/C13H13NO4S/c15-11-6-7-13(12(16)8-11)19(17,18)14-9-10-4-2-1-3-5-10/h1-8,14-16H,9H2. The smallest absolute Gasteiger partial charge is 0.244 e. The number of nitrogens with one attached hydrogen (secondary N) is 1. The lowest BCUT2D eigenvalue weighted by atomic mass is 10.2. The number of sulfonamides is 1. The first-order valence-corrected chi connectivity index (χ1v) is 7.03. The lowest BCUT2D eigenvalue weighted by Gasteiger charge is -2.08. The van der Waals surface area contributed by atoms with Gasteiger partial charge in [-0.1, -0.05) is 30.3 Å². The number of rotatable bonds is 4. The van der Waals surface area contributed by atoms with E-state index in [1.165, 1.54) is 6.07 Å². The lowest BCUT2D eigenvalue weighted by molar-refractivity contribution is 0.439. The molecule has 0 atom stereocenters. The molecule has 0 amide bonds. The third kappa shape index (κ3) is 3.24. The number of benzene rings is 2. The second kappa shape index (κ2) is 5.29. The molecule has 100 valence electrons. The average Bonchev–Trinajstić information content (AvgIpc) is 2.37. The fourth-order valence-electron chi connectivity index (χ4n) is 1.58. The van der Waals surface area contributed by atoms with Gasteiger partial charge in [0.2, 0.25) is 10.0 Å². The summed E-state index contributed by atoms with van der Waals surface area (Å²) < 4.78 is 26.4. The van der Waals surface area contributed by atoms with Gasteiger partial charge in [-0.3, -0.25) is 0 Å². The van der Waals surface area contributed by atoms with Gasteiger partial charge in [-0.25, -0.2) is 13.1 Å². The van der Waals surface area contributed by atoms with Crippen LogP contribution in [-0.2, 0) is 16.6 Å². The first-order chi connectivity index (χ1) is 8.99. The van der Waals surface area contributed by atoms with E-state index in [1.807, 2.05) is 18.2 Å². The molecule has 0 bridgehead atoms. The van der Waals surface area contributed by atoms with Gasteiger partial charge in [0.05, 0.1) is 0 Å². The summed E-state index contributed by atoms with van der Waals surface area (Å²) in [6.45, 7) is 0.128. The van der Waals surface area contributed by atoms with Crippen molar-refractivity contribution in [3.05, 3.63) is 54.1 Å². The van der Waals surface area contributed by atoms with Gasteiger partial charge in [-0.15, -0.1) is 0 Å². The molecule has 2 aromatic carbocycles. The molecule has 0 aliphatic rings. The van der Waals surface area contributed by atoms with Gasteiger partial charge < -0.3 is 10.2 Å². The molecule has 0 radical (unpaired) electrons. The molecule has 0 heterocycles. The van der Waals surface area contributed by atoms with Gasteiger partial charge in [0.25, 0.3) is 0 Å². The second-order valence-corrected chi connectivity index (χ2v) is 5.70. The molecule has 0 aliphatic carbocycles. The van der Waals surface area contributed by atoms with Crippen LogP contribution in [0.2, 0.25) is 0 Å². The molecule has 0 saturated carbocycles. The van der Waals surface area contributed by atoms with Crippen LogP contribution in [0.25, 0.3) is 0 Å². The van der Waals surface area contributed by atoms with Crippen LogP contribution in [0.1, 0.15) is 5.56 Å². The van der Waals surface area contributed by atoms with Crippen LogP contribution >= 0.6 is 0 Å². The summed E-state index contributed by atoms with van der Waals surface area (Å²) in [5.41, 5.74) is 0.810. The Morgan fingerprint density at radius 3 is 2.32 bits per heavy atom. The Kier molecular flexibility index (Phi) is 3.73. The van der Waals surface area contributed by atoms with Crippen LogP contribution in [-0.4, -0.2) is 18.6 Å². The fraction of sp³-hybridized carbons (Fsp3) is 0.0769. The van der Waals surface area contributed by atoms with Crippen LogP contribution in [0.15, 0.2) is 53.4 Å². The zero-order valence-corrected chi connectivity index (χ0v) is 10.8. The number of phenols is 2. The van der Waals surface area contributed by atoms with Crippen molar-refractivity contribution >= 4 is 10.0 Å². The number of hydrogen-bond donors (Lipinski definition) is 3. The Bertz CT molecular complexity index is 668. The molecule has 0 aliphatic heterocycles. The normalized spacial score (nSPS) is 11.4. The lowest BCUT2D eigenvalue weighted by Crippen LogP contribution is -2.23. The van der Waals surface area contributed by atoms with Gasteiger partial charge in [0, 0.05) is 12.6 Å². The first kappa shape index (κ1) is 13.4. The van der Waals surface area contributed by atoms with Gasteiger partial charge >= 0.3 is 0 Å². The van der Waals surface area contributed by atoms with E-state index in [0.29, 0.717) is 0 Å². The van der Waals surface area contributed by atoms with Crippen molar-refractivity contribution in [1.82, 2.24) is 4.72 Å². The third-order valence-electron chi connectivity index (χ3n) is 2.54. The van der Waals surface area contributed by atoms with E-state index >= 15 is 0 Å². The van der Waals surface area contributed by atoms with Crippen LogP contribution in [0.5, 0.6) is 11.5 Å². The van der Waals surface area contributed by atoms with Crippen LogP contribution < -0.4 is 4.72 Å². The molecular weight excluding hydrogens is 266 g/mol. The van der Waals surface area contributed by atoms with E-state index in [0.717, 1.165) is 17.7 Å². The molecule has 2 rings (SSSR count). The van der Waals surface area contributed by atoms with Crippen molar-refractivity contribution in [2.45, 2.75) is 11.4 Å². The van der Waals surface area contributed by atoms with E-state index in [2.05, 4.69) is 4.72 Å². The van der Waals surface area contributed by atoms with Crippen molar-refractivity contribution in [1.29, 1.82) is 0 Å². The molecule has 5 nitrogen and oxygen atoms in total. The minimum Gasteiger partial charge on any atom is -0.508 e. The number of phenolic OH excluding ortho intramolecular Hbond substituents is 2. The second-order valence-electron chi connectivity index (χ2n) is 3.96. The molecule has 6 heteroatoms. The summed E-state index contributed by atoms with van der Waals surface area (Å²) in [4.78, 5) is -0.263. The summed E-state index contributed by atoms with van der Waals surface area (Å²) in [7, 11) is -3.82. The van der Waals surface area contributed by atoms with E-state index in [1.54, 1.807) is 12.1 Å². The Balaban J connectivity index is 2.19. The maximum atomic E-state index is 12.0. The van der Waals surface area contributed by atoms with E-state index in [9.17, 15) is 13.5 Å². The molecule has 0 aromatic heterocycles. The third-order valence-corrected chi connectivity index (χ3v) is 3.99. The molecule has 0 spiro atoms. The average molecular weight is 279 g/mol. The fourth-order valence-corrected chi connectivity index (χ4v) is 2.68. The molecular formula is C13H13NO4S. The summed E-state index contributed by atoms with van der Waals surface area (Å²) in [6.07, 6.45) is 0. The number of aromatic hydroxyl groups is 2. The zero-order valence-electron chi connectivity index (χ0n) is 9.95. The predicted molar refractivity (Wildman–Crippen MR) is 70.2 cm³/mol. The highest BCUT2D eigenvalue weighted by Gasteiger charge is 2.18. The highest BCUT2D eigenvalue weighted by Crippen LogP contribution is 2.26. The van der Waals surface area contributed by atoms with Crippen molar-refractivity contribution in [2.24, 2.45) is 0 Å². The maximum Gasteiger partial charge on any atom is 0.244 e. The zero-order chi connectivity index (χ0) is 13.9. The summed E-state index contributed by atoms with van der Waals surface area (Å²) in [5, 5.41) is 18.7. The van der Waals surface area contributed by atoms with Gasteiger partial charge in [-0.2, -0.15) is 0 Å². The summed E-state index contributed by atoms with van der Waals surface area (Å²) in [6, 6.07) is 12.4. The van der Waals surface area contributed by atoms with E-state index < -0.39 is 15.8 Å². The minimum absolute atomic E-state index is 0.128. The highest BCUT2D eigenvalue weighted by atomic mass is 32.2. The SMILES string of the molecule is O=S(=O)(NCc1ccccc1)c1ccc(O)cc1O. The Morgan fingerprint density at radius 1 is 1.00 bits per heavy atom. The highest BCUT2D eigenvalue weighted by molar-refractivity contribution is 7.89. The first-order valence-electron chi connectivity index (χ1n) is 5.54. The molecule has 0 unspecified atom stereocenters. The summed E-state index contributed by atoms with van der Waals surface area (Å²) >= 11 is 0. The summed E-state index contributed by atoms with van der Waals surface area (Å²) in [5.74, 6) is -0.680. The Hall–Kier alpha value is -2.05. The molecule has 19 heavy (non-hydrogen) atoms. The molecule has 0 saturated heterocycles. The van der Waals surface area contributed by atoms with E-state index in [4.69, 9.17) is 5.11 Å². The van der Waals surface area contributed by atoms with Gasteiger partial charge in [-0.05, 0) is 17.7 Å². The number of hydrogen-bond acceptors (Lipinski definition) is 4. The predicted octanol–water partition coefficient (Wildman–Crippen LogP) is 1.58. The van der Waals surface area contributed by atoms with Gasteiger partial charge in [0.1, 0.15) is 16.4 Å². The minimum atomic E-state index is -3.82.